The Labute approximate surface area is 339 Å². The second-order valence-corrected chi connectivity index (χ2v) is 12.5. The highest BCUT2D eigenvalue weighted by molar-refractivity contribution is 6.06. The smallest absolute Gasteiger partial charge is 0.160 e. The first-order valence-electron chi connectivity index (χ1n) is 27.1. The monoisotopic (exact) mass is 697 g/mol. The maximum Gasteiger partial charge on any atom is 0.160 e. The van der Waals surface area contributed by atoms with E-state index in [0.29, 0.717) is 16.8 Å². The topological polar surface area (TPSA) is 25.8 Å². The zero-order valence-corrected chi connectivity index (χ0v) is 27.6. The Bertz CT molecular complexity index is 3910. The Morgan fingerprint density at radius 2 is 1.11 bits per heavy atom. The normalized spacial score (nSPS) is 19.0. The molecule has 1 aromatic heterocycles. The van der Waals surface area contributed by atoms with Crippen molar-refractivity contribution >= 4 is 21.5 Å². The summed E-state index contributed by atoms with van der Waals surface area (Å²) in [7, 11) is 0. The summed E-state index contributed by atoms with van der Waals surface area (Å²) in [6.45, 7) is -7.66. The lowest BCUT2D eigenvalue weighted by Gasteiger charge is -2.22. The van der Waals surface area contributed by atoms with Gasteiger partial charge in [-0.15, -0.1) is 0 Å². The van der Waals surface area contributed by atoms with E-state index in [1.54, 1.807) is 36.4 Å². The summed E-state index contributed by atoms with van der Waals surface area (Å²) < 4.78 is 192. The summed E-state index contributed by atoms with van der Waals surface area (Å²) in [6, 6.07) is 13.4. The maximum atomic E-state index is 9.99. The molecule has 0 unspecified atom stereocenters. The number of hydrogen-bond donors (Lipinski definition) is 0. The summed E-state index contributed by atoms with van der Waals surface area (Å²) >= 11 is 0. The Morgan fingerprint density at radius 3 is 1.91 bits per heavy atom. The molecular weight excluding hydrogens is 641 g/mol. The van der Waals surface area contributed by atoms with Gasteiger partial charge in [-0.05, 0) is 84.2 Å². The first-order valence-corrected chi connectivity index (χ1v) is 16.6. The first-order chi connectivity index (χ1) is 34.8. The Balaban J connectivity index is 1.36. The van der Waals surface area contributed by atoms with Gasteiger partial charge in [-0.25, -0.2) is 9.97 Å². The summed E-state index contributed by atoms with van der Waals surface area (Å²) in [5.41, 5.74) is -5.91. The van der Waals surface area contributed by atoms with Crippen molar-refractivity contribution in [2.24, 2.45) is 0 Å². The molecule has 250 valence electrons. The van der Waals surface area contributed by atoms with Gasteiger partial charge in [0.2, 0.25) is 0 Å². The molecule has 2 nitrogen and oxygen atoms in total. The molecule has 0 fully saturated rings. The molecule has 53 heavy (non-hydrogen) atoms. The fourth-order valence-corrected chi connectivity index (χ4v) is 6.81. The van der Waals surface area contributed by atoms with Crippen LogP contribution in [0.3, 0.4) is 0 Å². The van der Waals surface area contributed by atoms with Crippen LogP contribution in [0.15, 0.2) is 182 Å². The van der Waals surface area contributed by atoms with Crippen molar-refractivity contribution in [3.63, 3.8) is 0 Å². The lowest BCUT2D eigenvalue weighted by atomic mass is 9.81. The van der Waals surface area contributed by atoms with Gasteiger partial charge in [-0.2, -0.15) is 0 Å². The summed E-state index contributed by atoms with van der Waals surface area (Å²) in [6.07, 6.45) is 0. The van der Waals surface area contributed by atoms with E-state index in [0.717, 1.165) is 11.1 Å². The third-order valence-corrected chi connectivity index (χ3v) is 9.34. The molecule has 1 heterocycles. The van der Waals surface area contributed by atoms with Crippen molar-refractivity contribution in [1.29, 1.82) is 0 Å². The quantitative estimate of drug-likeness (QED) is 0.179. The number of nitrogens with zero attached hydrogens (tertiary/aromatic N) is 2. The van der Waals surface area contributed by atoms with E-state index in [2.05, 4.69) is 0 Å². The summed E-state index contributed by atoms with van der Waals surface area (Å²) in [5, 5.41) is -2.25. The van der Waals surface area contributed by atoms with Crippen LogP contribution in [0.2, 0.25) is 0 Å². The molecule has 0 amide bonds. The van der Waals surface area contributed by atoms with Crippen LogP contribution in [-0.4, -0.2) is 9.97 Å². The van der Waals surface area contributed by atoms with Crippen LogP contribution < -0.4 is 0 Å². The van der Waals surface area contributed by atoms with Crippen molar-refractivity contribution < 1.29 is 28.8 Å². The summed E-state index contributed by atoms with van der Waals surface area (Å²) in [4.78, 5) is 9.72. The van der Waals surface area contributed by atoms with Crippen LogP contribution in [0.5, 0.6) is 0 Å². The van der Waals surface area contributed by atoms with Crippen molar-refractivity contribution in [3.05, 3.63) is 193 Å². The van der Waals surface area contributed by atoms with Gasteiger partial charge in [0, 0.05) is 30.3 Å². The zero-order chi connectivity index (χ0) is 53.6. The minimum atomic E-state index is -3.83. The molecular formula is C51H36N2. The zero-order valence-electron chi connectivity index (χ0n) is 48.6. The molecule has 0 N–H and O–H groups in total. The predicted octanol–water partition coefficient (Wildman–Crippen LogP) is 13.4. The fourth-order valence-electron chi connectivity index (χ4n) is 6.81. The van der Waals surface area contributed by atoms with E-state index >= 15 is 0 Å². The number of aromatic nitrogens is 2. The molecule has 0 aliphatic heterocycles. The number of rotatable bonds is 5. The predicted molar refractivity (Wildman–Crippen MR) is 222 cm³/mol. The standard InChI is InChI=1S/C51H36N2/c1-51(2)45-29-25-34-16-9-10-21-40(34)49(45)44-26-24-37(31-46(44)51)39-27-28-43(42-23-12-11-22-41(39)42)48-32-47(52-50(53-48)35-17-7-4-8-18-35)38-20-13-19-36(30-38)33-14-5-3-6-15-33/h3-32H,1-2H3/i1D3,2D3,9D,10D,11D,12D,16D,21D,22D,23D,24D,25D,26D,27D,28D,29D,31D. The average molecular weight is 698 g/mol. The highest BCUT2D eigenvalue weighted by Crippen LogP contribution is 2.52. The minimum Gasteiger partial charge on any atom is -0.228 e. The lowest BCUT2D eigenvalue weighted by molar-refractivity contribution is 0.661. The Hall–Kier alpha value is -6.64. The molecule has 0 spiro atoms. The van der Waals surface area contributed by atoms with Crippen LogP contribution in [-0.2, 0) is 5.41 Å². The Morgan fingerprint density at radius 1 is 0.472 bits per heavy atom. The van der Waals surface area contributed by atoms with E-state index in [1.807, 2.05) is 48.5 Å². The molecule has 0 bridgehead atoms. The van der Waals surface area contributed by atoms with Gasteiger partial charge >= 0.3 is 0 Å². The molecule has 1 aliphatic carbocycles. The highest BCUT2D eigenvalue weighted by Gasteiger charge is 2.36. The largest absolute Gasteiger partial charge is 0.228 e. The molecule has 9 aromatic rings. The lowest BCUT2D eigenvalue weighted by Crippen LogP contribution is -2.15. The van der Waals surface area contributed by atoms with Crippen LogP contribution in [0.25, 0.3) is 88.8 Å². The van der Waals surface area contributed by atoms with Gasteiger partial charge < -0.3 is 0 Å². The van der Waals surface area contributed by atoms with E-state index in [4.69, 9.17) is 27.8 Å². The van der Waals surface area contributed by atoms with Crippen LogP contribution in [0.1, 0.15) is 53.6 Å². The number of benzene rings is 8. The third kappa shape index (κ3) is 5.18. The van der Waals surface area contributed by atoms with Crippen molar-refractivity contribution in [2.75, 3.05) is 0 Å². The molecule has 8 aromatic carbocycles. The average Bonchev–Trinajstić information content (AvgIpc) is 3.73. The molecule has 2 heteroatoms. The SMILES string of the molecule is [2H]c1c([2H])c2c(c([2H])c1-c1c([2H])c([2H])c(-c3cc(-c4cccc(-c5ccccc5)c4)nc(-c4ccccc4)n3)c3c([2H])c([2H])c([2H])c([2H])c13)C(C([2H])([2H])[2H])(C([2H])([2H])[2H])c1c([2H])c([2H])c3c([2H])c([2H])c([2H])c([2H])c3c1-2. The second-order valence-electron chi connectivity index (χ2n) is 12.5. The fraction of sp³-hybridized carbons (Fsp3) is 0.0588. The minimum absolute atomic E-state index is 0.0868. The van der Waals surface area contributed by atoms with Crippen LogP contribution in [0.4, 0.5) is 0 Å². The van der Waals surface area contributed by atoms with Gasteiger partial charge in [0.25, 0.3) is 0 Å². The molecule has 0 radical (unpaired) electrons. The summed E-state index contributed by atoms with van der Waals surface area (Å²) in [5.74, 6) is 0.124. The van der Waals surface area contributed by atoms with Crippen LogP contribution >= 0.6 is 0 Å². The van der Waals surface area contributed by atoms with E-state index in [9.17, 15) is 11.0 Å². The van der Waals surface area contributed by atoms with Crippen molar-refractivity contribution in [1.82, 2.24) is 9.97 Å². The van der Waals surface area contributed by atoms with Gasteiger partial charge in [0.05, 0.1) is 31.9 Å². The van der Waals surface area contributed by atoms with Gasteiger partial charge in [0.1, 0.15) is 0 Å². The highest BCUT2D eigenvalue weighted by atomic mass is 14.9. The number of fused-ring (bicyclic) bond motifs is 6. The molecule has 0 atom stereocenters. The first kappa shape index (κ1) is 16.4. The van der Waals surface area contributed by atoms with Crippen molar-refractivity contribution in [2.45, 2.75) is 19.1 Å². The molecule has 1 aliphatic rings. The maximum absolute atomic E-state index is 9.99. The van der Waals surface area contributed by atoms with E-state index < -0.39 is 165 Å². The van der Waals surface area contributed by atoms with Gasteiger partial charge in [-0.1, -0.05) is 177 Å². The molecule has 0 saturated heterocycles. The molecule has 0 saturated carbocycles. The molecule has 10 rings (SSSR count). The van der Waals surface area contributed by atoms with E-state index in [-0.39, 0.29) is 17.1 Å². The van der Waals surface area contributed by atoms with Crippen molar-refractivity contribution in [3.8, 4) is 67.3 Å². The van der Waals surface area contributed by atoms with Gasteiger partial charge in [-0.3, -0.25) is 0 Å². The Kier molecular flexibility index (Phi) is 3.78. The van der Waals surface area contributed by atoms with E-state index in [1.165, 1.54) is 6.07 Å². The number of hydrogen-bond acceptors (Lipinski definition) is 2. The second kappa shape index (κ2) is 12.3. The van der Waals surface area contributed by atoms with Crippen LogP contribution in [0, 0.1) is 0 Å². The van der Waals surface area contributed by atoms with Gasteiger partial charge in [0.15, 0.2) is 5.82 Å². The third-order valence-electron chi connectivity index (χ3n) is 9.34.